The number of aliphatic imine (C=N–C) groups is 2. The zero-order chi connectivity index (χ0) is 24.6. The van der Waals surface area contributed by atoms with E-state index < -0.39 is 29.7 Å². The summed E-state index contributed by atoms with van der Waals surface area (Å²) in [4.78, 5) is 7.65. The lowest BCUT2D eigenvalue weighted by Gasteiger charge is -2.39. The van der Waals surface area contributed by atoms with Gasteiger partial charge in [0, 0.05) is 11.1 Å². The maximum atomic E-state index is 14.1. The van der Waals surface area contributed by atoms with E-state index in [0.717, 1.165) is 0 Å². The van der Waals surface area contributed by atoms with Crippen LogP contribution in [0.1, 0.15) is 16.9 Å². The fourth-order valence-electron chi connectivity index (χ4n) is 3.47. The van der Waals surface area contributed by atoms with Crippen LogP contribution in [0.2, 0.25) is 0 Å². The van der Waals surface area contributed by atoms with Crippen molar-refractivity contribution in [1.82, 2.24) is 4.90 Å². The maximum absolute atomic E-state index is 14.1. The van der Waals surface area contributed by atoms with Gasteiger partial charge in [0.05, 0.1) is 19.9 Å². The monoisotopic (exact) mass is 481 g/mol. The lowest BCUT2D eigenvalue weighted by Crippen LogP contribution is -2.59. The normalized spacial score (nSPS) is 16.1. The van der Waals surface area contributed by atoms with Gasteiger partial charge in [-0.05, 0) is 24.3 Å². The van der Waals surface area contributed by atoms with Crippen molar-refractivity contribution in [2.75, 3.05) is 7.11 Å². The Hall–Kier alpha value is -3.76. The van der Waals surface area contributed by atoms with Crippen molar-refractivity contribution >= 4 is 11.7 Å². The van der Waals surface area contributed by atoms with Gasteiger partial charge in [-0.1, -0.05) is 42.5 Å². The van der Waals surface area contributed by atoms with Crippen LogP contribution in [-0.4, -0.2) is 41.7 Å². The molecular formula is C23H17F6N3O2. The summed E-state index contributed by atoms with van der Waals surface area (Å²) < 4.78 is 95.2. The molecule has 11 heteroatoms. The van der Waals surface area contributed by atoms with Gasteiger partial charge in [0.1, 0.15) is 23.2 Å². The molecule has 1 aliphatic rings. The van der Waals surface area contributed by atoms with Crippen molar-refractivity contribution in [3.63, 3.8) is 0 Å². The Balaban J connectivity index is 2.03. The molecule has 34 heavy (non-hydrogen) atoms. The number of benzene rings is 2. The first kappa shape index (κ1) is 23.4. The molecule has 3 aromatic rings. The maximum Gasteiger partial charge on any atom is 0.443 e. The number of furan rings is 1. The standard InChI is InChI=1S/C23H17F6N3O2/c1-33-17-10-5-9-16(13-17)20-31-21(22(24,25)26,23(27,28)29)30-19(15-7-3-2-4-8-15)32(20)14-18-11-6-12-34-18/h2-13H,14H2,1H3. The van der Waals surface area contributed by atoms with Crippen molar-refractivity contribution in [2.45, 2.75) is 24.6 Å². The van der Waals surface area contributed by atoms with Crippen LogP contribution in [0.3, 0.4) is 0 Å². The molecule has 5 nitrogen and oxygen atoms in total. The summed E-state index contributed by atoms with van der Waals surface area (Å²) in [5, 5.41) is 0. The Morgan fingerprint density at radius 1 is 0.824 bits per heavy atom. The van der Waals surface area contributed by atoms with Gasteiger partial charge in [0.15, 0.2) is 0 Å². The minimum absolute atomic E-state index is 0.0212. The summed E-state index contributed by atoms with van der Waals surface area (Å²) in [5.74, 6) is -0.629. The van der Waals surface area contributed by atoms with E-state index in [4.69, 9.17) is 9.15 Å². The number of ether oxygens (including phenoxy) is 1. The van der Waals surface area contributed by atoms with Crippen LogP contribution in [0, 0.1) is 0 Å². The molecule has 2 aromatic carbocycles. The van der Waals surface area contributed by atoms with Crippen molar-refractivity contribution in [1.29, 1.82) is 0 Å². The predicted octanol–water partition coefficient (Wildman–Crippen LogP) is 5.82. The number of halogens is 6. The van der Waals surface area contributed by atoms with E-state index in [1.165, 1.54) is 66.8 Å². The molecule has 0 atom stereocenters. The molecule has 0 spiro atoms. The summed E-state index contributed by atoms with van der Waals surface area (Å²) >= 11 is 0. The highest BCUT2D eigenvalue weighted by molar-refractivity contribution is 6.16. The molecule has 0 bridgehead atoms. The average molecular weight is 481 g/mol. The van der Waals surface area contributed by atoms with E-state index >= 15 is 0 Å². The number of alkyl halides is 6. The van der Waals surface area contributed by atoms with Crippen LogP contribution < -0.4 is 4.74 Å². The second-order valence-electron chi connectivity index (χ2n) is 7.30. The van der Waals surface area contributed by atoms with Crippen LogP contribution in [0.15, 0.2) is 87.4 Å². The molecule has 0 aliphatic carbocycles. The zero-order valence-corrected chi connectivity index (χ0v) is 17.6. The Morgan fingerprint density at radius 2 is 1.44 bits per heavy atom. The summed E-state index contributed by atoms with van der Waals surface area (Å²) in [5.41, 5.74) is -4.68. The fraction of sp³-hybridized carbons (Fsp3) is 0.217. The van der Waals surface area contributed by atoms with E-state index in [9.17, 15) is 26.3 Å². The first-order valence-corrected chi connectivity index (χ1v) is 9.88. The first-order valence-electron chi connectivity index (χ1n) is 9.88. The number of rotatable bonds is 5. The molecule has 0 radical (unpaired) electrons. The first-order chi connectivity index (χ1) is 16.1. The van der Waals surface area contributed by atoms with Gasteiger partial charge in [-0.3, -0.25) is 0 Å². The second-order valence-corrected chi connectivity index (χ2v) is 7.30. The van der Waals surface area contributed by atoms with Gasteiger partial charge in [-0.15, -0.1) is 0 Å². The minimum Gasteiger partial charge on any atom is -0.497 e. The van der Waals surface area contributed by atoms with Gasteiger partial charge in [0.25, 0.3) is 0 Å². The average Bonchev–Trinajstić information content (AvgIpc) is 3.31. The van der Waals surface area contributed by atoms with Crippen molar-refractivity contribution in [2.24, 2.45) is 9.98 Å². The van der Waals surface area contributed by atoms with E-state index in [0.29, 0.717) is 0 Å². The molecule has 0 saturated carbocycles. The predicted molar refractivity (Wildman–Crippen MR) is 112 cm³/mol. The molecule has 0 amide bonds. The summed E-state index contributed by atoms with van der Waals surface area (Å²) in [7, 11) is 1.33. The number of amidine groups is 2. The Labute approximate surface area is 190 Å². The second kappa shape index (κ2) is 8.54. The Morgan fingerprint density at radius 3 is 2.00 bits per heavy atom. The van der Waals surface area contributed by atoms with Gasteiger partial charge < -0.3 is 14.1 Å². The Kier molecular flexibility index (Phi) is 5.88. The van der Waals surface area contributed by atoms with Crippen LogP contribution in [0.5, 0.6) is 5.75 Å². The van der Waals surface area contributed by atoms with E-state index in [-0.39, 0.29) is 29.2 Å². The van der Waals surface area contributed by atoms with Crippen LogP contribution in [0.4, 0.5) is 26.3 Å². The summed E-state index contributed by atoms with van der Waals surface area (Å²) in [6.07, 6.45) is -10.4. The molecule has 0 unspecified atom stereocenters. The van der Waals surface area contributed by atoms with Gasteiger partial charge in [0.2, 0.25) is 0 Å². The van der Waals surface area contributed by atoms with Gasteiger partial charge >= 0.3 is 18.0 Å². The molecule has 1 aromatic heterocycles. The fourth-order valence-corrected chi connectivity index (χ4v) is 3.47. The number of nitrogens with zero attached hydrogens (tertiary/aromatic N) is 3. The van der Waals surface area contributed by atoms with Gasteiger partial charge in [-0.25, -0.2) is 9.98 Å². The van der Waals surface area contributed by atoms with E-state index in [1.807, 2.05) is 0 Å². The molecule has 1 aliphatic heterocycles. The van der Waals surface area contributed by atoms with Crippen LogP contribution in [0.25, 0.3) is 0 Å². The smallest absolute Gasteiger partial charge is 0.443 e. The highest BCUT2D eigenvalue weighted by Crippen LogP contribution is 2.49. The molecule has 178 valence electrons. The number of hydrogen-bond donors (Lipinski definition) is 0. The van der Waals surface area contributed by atoms with Crippen LogP contribution >= 0.6 is 0 Å². The largest absolute Gasteiger partial charge is 0.497 e. The topological polar surface area (TPSA) is 50.3 Å². The van der Waals surface area contributed by atoms with E-state index in [2.05, 4.69) is 9.98 Å². The molecule has 0 saturated heterocycles. The molecule has 0 N–H and O–H groups in total. The third kappa shape index (κ3) is 4.13. The Bertz CT molecular complexity index is 1190. The quantitative estimate of drug-likeness (QED) is 0.432. The lowest BCUT2D eigenvalue weighted by atomic mass is 10.0. The SMILES string of the molecule is COc1cccc(C2=NC(C(F)(F)F)(C(F)(F)F)N=C(c3ccccc3)N2Cc2ccco2)c1. The number of methoxy groups -OCH3 is 1. The van der Waals surface area contributed by atoms with Crippen molar-refractivity contribution in [3.8, 4) is 5.75 Å². The van der Waals surface area contributed by atoms with E-state index in [1.54, 1.807) is 18.2 Å². The highest BCUT2D eigenvalue weighted by atomic mass is 19.4. The van der Waals surface area contributed by atoms with Crippen LogP contribution in [-0.2, 0) is 6.54 Å². The third-order valence-corrected chi connectivity index (χ3v) is 5.09. The van der Waals surface area contributed by atoms with Gasteiger partial charge in [-0.2, -0.15) is 26.3 Å². The molecule has 2 heterocycles. The molecular weight excluding hydrogens is 464 g/mol. The highest BCUT2D eigenvalue weighted by Gasteiger charge is 2.74. The summed E-state index contributed by atoms with van der Waals surface area (Å²) in [6.45, 7) is -0.220. The zero-order valence-electron chi connectivity index (χ0n) is 17.6. The number of hydrogen-bond acceptors (Lipinski definition) is 5. The minimum atomic E-state index is -5.87. The van der Waals surface area contributed by atoms with Crippen molar-refractivity contribution in [3.05, 3.63) is 89.9 Å². The lowest BCUT2D eigenvalue weighted by molar-refractivity contribution is -0.293. The molecule has 4 rings (SSSR count). The molecule has 0 fully saturated rings. The third-order valence-electron chi connectivity index (χ3n) is 5.09. The summed E-state index contributed by atoms with van der Waals surface area (Å²) in [6, 6.07) is 16.0. The van der Waals surface area contributed by atoms with Crippen molar-refractivity contribution < 1.29 is 35.5 Å².